The molecule has 0 saturated carbocycles. The van der Waals surface area contributed by atoms with Crippen molar-refractivity contribution in [2.45, 2.75) is 0 Å². The predicted molar refractivity (Wildman–Crippen MR) is 117 cm³/mol. The molecule has 3 aromatic heterocycles. The molecule has 29 heavy (non-hydrogen) atoms. The van der Waals surface area contributed by atoms with E-state index < -0.39 is 0 Å². The van der Waals surface area contributed by atoms with Gasteiger partial charge in [0.25, 0.3) is 5.56 Å². The summed E-state index contributed by atoms with van der Waals surface area (Å²) >= 11 is 12.4. The van der Waals surface area contributed by atoms with Crippen LogP contribution in [0.3, 0.4) is 0 Å². The molecule has 0 aliphatic rings. The Morgan fingerprint density at radius 1 is 0.931 bits per heavy atom. The number of fused-ring (bicyclic) bond motifs is 3. The van der Waals surface area contributed by atoms with Crippen LogP contribution in [0.15, 0.2) is 64.1 Å². The molecule has 3 heterocycles. The smallest absolute Gasteiger partial charge is 0.259 e. The number of hydrogen-bond donors (Lipinski definition) is 0. The maximum absolute atomic E-state index is 13.1. The molecule has 0 N–H and O–H groups in total. The van der Waals surface area contributed by atoms with E-state index in [1.165, 1.54) is 0 Å². The van der Waals surface area contributed by atoms with Gasteiger partial charge in [0.15, 0.2) is 0 Å². The van der Waals surface area contributed by atoms with Crippen molar-refractivity contribution in [1.82, 2.24) is 14.1 Å². The number of pyridine rings is 1. The summed E-state index contributed by atoms with van der Waals surface area (Å²) in [6.07, 6.45) is 3.17. The van der Waals surface area contributed by atoms with Crippen LogP contribution in [0.1, 0.15) is 0 Å². The summed E-state index contributed by atoms with van der Waals surface area (Å²) in [5.41, 5.74) is 3.75. The summed E-state index contributed by atoms with van der Waals surface area (Å²) in [6, 6.07) is 13.0. The van der Waals surface area contributed by atoms with Gasteiger partial charge in [-0.3, -0.25) is 9.36 Å². The van der Waals surface area contributed by atoms with Crippen LogP contribution in [0.2, 0.25) is 10.0 Å². The van der Waals surface area contributed by atoms with Gasteiger partial charge in [0, 0.05) is 46.6 Å². The second-order valence-electron chi connectivity index (χ2n) is 6.91. The van der Waals surface area contributed by atoms with Gasteiger partial charge in [0.1, 0.15) is 11.9 Å². The van der Waals surface area contributed by atoms with E-state index in [0.717, 1.165) is 27.5 Å². The topological polar surface area (TPSA) is 53.0 Å². The highest BCUT2D eigenvalue weighted by atomic mass is 35.5. The number of aryl methyl sites for hydroxylation is 2. The second kappa shape index (κ2) is 6.51. The van der Waals surface area contributed by atoms with Crippen LogP contribution in [0, 0.1) is 0 Å². The number of halogens is 2. The minimum absolute atomic E-state index is 0.124. The number of rotatable bonds is 2. The Bertz CT molecular complexity index is 1460. The Balaban J connectivity index is 1.88. The molecule has 5 aromatic rings. The van der Waals surface area contributed by atoms with Crippen LogP contribution in [0.4, 0.5) is 0 Å². The lowest BCUT2D eigenvalue weighted by atomic mass is 10.0. The van der Waals surface area contributed by atoms with E-state index in [1.807, 2.05) is 35.9 Å². The van der Waals surface area contributed by atoms with Crippen molar-refractivity contribution < 1.29 is 4.42 Å². The van der Waals surface area contributed by atoms with E-state index >= 15 is 0 Å². The third-order valence-corrected chi connectivity index (χ3v) is 5.80. The molecule has 0 fully saturated rings. The van der Waals surface area contributed by atoms with Crippen LogP contribution in [0.5, 0.6) is 0 Å². The predicted octanol–water partition coefficient (Wildman–Crippen LogP) is 5.66. The number of hydrogen-bond acceptors (Lipinski definition) is 3. The van der Waals surface area contributed by atoms with Crippen molar-refractivity contribution in [1.29, 1.82) is 0 Å². The lowest BCUT2D eigenvalue weighted by Crippen LogP contribution is -2.20. The molecule has 0 unspecified atom stereocenters. The Hall–Kier alpha value is -3.02. The summed E-state index contributed by atoms with van der Waals surface area (Å²) in [5.74, 6) is 0.551. The first-order valence-corrected chi connectivity index (χ1v) is 9.69. The monoisotopic (exact) mass is 423 g/mol. The maximum atomic E-state index is 13.1. The van der Waals surface area contributed by atoms with Crippen molar-refractivity contribution in [2.75, 3.05) is 0 Å². The number of nitrogens with zero attached hydrogens (tertiary/aromatic N) is 3. The largest absolute Gasteiger partial charge is 0.445 e. The lowest BCUT2D eigenvalue weighted by Gasteiger charge is -2.09. The van der Waals surface area contributed by atoms with Crippen LogP contribution >= 0.6 is 23.2 Å². The van der Waals surface area contributed by atoms with Gasteiger partial charge in [0.2, 0.25) is 5.89 Å². The van der Waals surface area contributed by atoms with Gasteiger partial charge in [-0.25, -0.2) is 4.98 Å². The Kier molecular flexibility index (Phi) is 4.05. The fourth-order valence-corrected chi connectivity index (χ4v) is 4.40. The molecule has 0 radical (unpaired) electrons. The van der Waals surface area contributed by atoms with Gasteiger partial charge in [-0.1, -0.05) is 29.3 Å². The van der Waals surface area contributed by atoms with Crippen LogP contribution in [0.25, 0.3) is 44.5 Å². The SMILES string of the molecule is Cn1c(=O)c(-c2ccc(Cl)cc2Cl)cc2c3cc(-c4ncco4)ccc3n(C)c21. The van der Waals surface area contributed by atoms with Crippen molar-refractivity contribution in [3.05, 3.63) is 75.3 Å². The summed E-state index contributed by atoms with van der Waals surface area (Å²) in [7, 11) is 3.72. The molecule has 0 atom stereocenters. The van der Waals surface area contributed by atoms with Gasteiger partial charge in [-0.05, 0) is 36.4 Å². The highest BCUT2D eigenvalue weighted by Crippen LogP contribution is 2.35. The van der Waals surface area contributed by atoms with E-state index in [-0.39, 0.29) is 5.56 Å². The molecule has 144 valence electrons. The highest BCUT2D eigenvalue weighted by molar-refractivity contribution is 6.36. The average molecular weight is 424 g/mol. The Morgan fingerprint density at radius 3 is 2.48 bits per heavy atom. The van der Waals surface area contributed by atoms with Crippen molar-refractivity contribution in [3.8, 4) is 22.6 Å². The van der Waals surface area contributed by atoms with Gasteiger partial charge in [-0.15, -0.1) is 0 Å². The van der Waals surface area contributed by atoms with Crippen molar-refractivity contribution in [3.63, 3.8) is 0 Å². The fourth-order valence-electron chi connectivity index (χ4n) is 3.89. The summed E-state index contributed by atoms with van der Waals surface area (Å²) < 4.78 is 9.11. The first kappa shape index (κ1) is 18.0. The van der Waals surface area contributed by atoms with Crippen molar-refractivity contribution in [2.24, 2.45) is 14.1 Å². The van der Waals surface area contributed by atoms with Crippen LogP contribution in [-0.2, 0) is 14.1 Å². The van der Waals surface area contributed by atoms with Crippen LogP contribution in [-0.4, -0.2) is 14.1 Å². The van der Waals surface area contributed by atoms with E-state index in [1.54, 1.807) is 42.3 Å². The molecular weight excluding hydrogens is 409 g/mol. The normalized spacial score (nSPS) is 11.6. The third kappa shape index (κ3) is 2.69. The summed E-state index contributed by atoms with van der Waals surface area (Å²) in [4.78, 5) is 17.4. The zero-order chi connectivity index (χ0) is 20.3. The zero-order valence-electron chi connectivity index (χ0n) is 15.6. The molecule has 0 spiro atoms. The standard InChI is InChI=1S/C22H15Cl2N3O2/c1-26-19-6-3-12(20-25-7-8-29-20)9-15(19)16-11-17(22(28)27(2)21(16)26)14-5-4-13(23)10-18(14)24/h3-11H,1-2H3. The molecule has 2 aromatic carbocycles. The molecule has 0 aliphatic heterocycles. The molecule has 5 rings (SSSR count). The average Bonchev–Trinajstić information content (AvgIpc) is 3.32. The molecular formula is C22H15Cl2N3O2. The minimum atomic E-state index is -0.124. The Labute approximate surface area is 175 Å². The van der Waals surface area contributed by atoms with Gasteiger partial charge in [0.05, 0.1) is 16.7 Å². The fraction of sp³-hybridized carbons (Fsp3) is 0.0909. The molecule has 5 nitrogen and oxygen atoms in total. The number of oxazole rings is 1. The van der Waals surface area contributed by atoms with E-state index in [9.17, 15) is 4.79 Å². The van der Waals surface area contributed by atoms with Gasteiger partial charge in [-0.2, -0.15) is 0 Å². The number of benzene rings is 2. The molecule has 7 heteroatoms. The summed E-state index contributed by atoms with van der Waals surface area (Å²) in [6.45, 7) is 0. The zero-order valence-corrected chi connectivity index (χ0v) is 17.1. The van der Waals surface area contributed by atoms with Gasteiger partial charge < -0.3 is 8.98 Å². The second-order valence-corrected chi connectivity index (χ2v) is 7.76. The van der Waals surface area contributed by atoms with E-state index in [4.69, 9.17) is 27.6 Å². The van der Waals surface area contributed by atoms with Crippen LogP contribution < -0.4 is 5.56 Å². The quantitative estimate of drug-likeness (QED) is 0.368. The highest BCUT2D eigenvalue weighted by Gasteiger charge is 2.18. The van der Waals surface area contributed by atoms with E-state index in [0.29, 0.717) is 27.1 Å². The third-order valence-electron chi connectivity index (χ3n) is 5.25. The number of aromatic nitrogens is 3. The first-order valence-electron chi connectivity index (χ1n) is 8.93. The van der Waals surface area contributed by atoms with Crippen molar-refractivity contribution >= 4 is 45.1 Å². The van der Waals surface area contributed by atoms with Gasteiger partial charge >= 0.3 is 0 Å². The maximum Gasteiger partial charge on any atom is 0.259 e. The minimum Gasteiger partial charge on any atom is -0.445 e. The summed E-state index contributed by atoms with van der Waals surface area (Å²) in [5, 5.41) is 2.91. The molecule has 0 bridgehead atoms. The Morgan fingerprint density at radius 2 is 1.76 bits per heavy atom. The first-order chi connectivity index (χ1) is 14.0. The molecule has 0 aliphatic carbocycles. The molecule has 0 amide bonds. The molecule has 0 saturated heterocycles. The lowest BCUT2D eigenvalue weighted by molar-refractivity contribution is 0.574. The van der Waals surface area contributed by atoms with E-state index in [2.05, 4.69) is 4.98 Å².